The molecule has 2 N–H and O–H groups in total. The number of nitrogens with zero attached hydrogens (tertiary/aromatic N) is 1. The summed E-state index contributed by atoms with van der Waals surface area (Å²) < 4.78 is 0. The molecule has 3 nitrogen and oxygen atoms in total. The van der Waals surface area contributed by atoms with E-state index in [4.69, 9.17) is 5.73 Å². The quantitative estimate of drug-likeness (QED) is 0.744. The second-order valence-electron chi connectivity index (χ2n) is 3.02. The number of nitrogens with two attached hydrogens (primary N) is 1. The molecule has 14 heavy (non-hydrogen) atoms. The van der Waals surface area contributed by atoms with E-state index in [1.807, 2.05) is 12.1 Å². The number of carbonyl (C=O) groups is 1. The third-order valence-electron chi connectivity index (χ3n) is 2.20. The van der Waals surface area contributed by atoms with Crippen LogP contribution in [-0.2, 0) is 6.42 Å². The Morgan fingerprint density at radius 2 is 2.21 bits per heavy atom. The van der Waals surface area contributed by atoms with Gasteiger partial charge in [0.15, 0.2) is 0 Å². The fraction of sp³-hybridized carbons (Fsp3) is 0.200. The van der Waals surface area contributed by atoms with Gasteiger partial charge in [0.05, 0.1) is 0 Å². The van der Waals surface area contributed by atoms with Crippen LogP contribution in [0.15, 0.2) is 23.2 Å². The number of amides is 1. The summed E-state index contributed by atoms with van der Waals surface area (Å²) in [7, 11) is 0. The van der Waals surface area contributed by atoms with Crippen molar-refractivity contribution < 1.29 is 4.79 Å². The maximum atomic E-state index is 11.1. The number of benzene rings is 1. The van der Waals surface area contributed by atoms with E-state index in [0.717, 1.165) is 24.1 Å². The van der Waals surface area contributed by atoms with Crippen LogP contribution in [0.1, 0.15) is 21.5 Å². The molecule has 0 saturated heterocycles. The van der Waals surface area contributed by atoms with Gasteiger partial charge in [0, 0.05) is 18.3 Å². The number of rotatable bonds is 1. The standard InChI is InChI=1S/C10H10N2O.ClH/c11-10(13)9-3-1-2-7-6-12-5-4-8(7)9;/h1-3,6H,4-5H2,(H2,11,13);1H. The van der Waals surface area contributed by atoms with Gasteiger partial charge in [0.25, 0.3) is 0 Å². The Morgan fingerprint density at radius 3 is 2.93 bits per heavy atom. The number of hydrogen-bond acceptors (Lipinski definition) is 2. The summed E-state index contributed by atoms with van der Waals surface area (Å²) in [5, 5.41) is 0. The number of aliphatic imine (C=N–C) groups is 1. The molecule has 0 fully saturated rings. The van der Waals surface area contributed by atoms with Crippen LogP contribution in [-0.4, -0.2) is 18.7 Å². The van der Waals surface area contributed by atoms with Crippen LogP contribution in [0.5, 0.6) is 0 Å². The molecule has 4 heteroatoms. The second kappa shape index (κ2) is 4.24. The number of carbonyl (C=O) groups excluding carboxylic acids is 1. The Balaban J connectivity index is 0.000000980. The van der Waals surface area contributed by atoms with Crippen LogP contribution >= 0.6 is 12.4 Å². The molecule has 0 atom stereocenters. The Morgan fingerprint density at radius 1 is 1.43 bits per heavy atom. The van der Waals surface area contributed by atoms with Crippen LogP contribution in [0.25, 0.3) is 0 Å². The first-order chi connectivity index (χ1) is 6.29. The summed E-state index contributed by atoms with van der Waals surface area (Å²) in [6.07, 6.45) is 2.61. The molecule has 1 aliphatic heterocycles. The van der Waals surface area contributed by atoms with Crippen molar-refractivity contribution in [3.63, 3.8) is 0 Å². The molecule has 0 saturated carbocycles. The van der Waals surface area contributed by atoms with Crippen molar-refractivity contribution >= 4 is 24.5 Å². The van der Waals surface area contributed by atoms with Crippen molar-refractivity contribution in [2.75, 3.05) is 6.54 Å². The molecule has 0 spiro atoms. The predicted octanol–water partition coefficient (Wildman–Crippen LogP) is 1.18. The molecule has 0 bridgehead atoms. The molecule has 2 rings (SSSR count). The summed E-state index contributed by atoms with van der Waals surface area (Å²) in [6.45, 7) is 0.747. The molecule has 1 aromatic rings. The SMILES string of the molecule is Cl.NC(=O)c1cccc2c1CCN=C2. The Hall–Kier alpha value is -1.35. The summed E-state index contributed by atoms with van der Waals surface area (Å²) in [5.41, 5.74) is 7.93. The zero-order chi connectivity index (χ0) is 9.26. The zero-order valence-electron chi connectivity index (χ0n) is 7.56. The topological polar surface area (TPSA) is 55.5 Å². The number of halogens is 1. The molecular weight excluding hydrogens is 200 g/mol. The van der Waals surface area contributed by atoms with Crippen molar-refractivity contribution in [1.29, 1.82) is 0 Å². The van der Waals surface area contributed by atoms with E-state index in [-0.39, 0.29) is 18.3 Å². The average Bonchev–Trinajstić information content (AvgIpc) is 2.17. The van der Waals surface area contributed by atoms with Crippen LogP contribution in [0.2, 0.25) is 0 Å². The summed E-state index contributed by atoms with van der Waals surface area (Å²) in [6, 6.07) is 5.54. The van der Waals surface area contributed by atoms with E-state index in [1.165, 1.54) is 0 Å². The van der Waals surface area contributed by atoms with Crippen molar-refractivity contribution in [3.8, 4) is 0 Å². The Bertz CT molecular complexity index is 388. The first kappa shape index (κ1) is 10.7. The molecular formula is C10H11ClN2O. The van der Waals surface area contributed by atoms with Gasteiger partial charge < -0.3 is 5.73 Å². The largest absolute Gasteiger partial charge is 0.366 e. The second-order valence-corrected chi connectivity index (χ2v) is 3.02. The van der Waals surface area contributed by atoms with Gasteiger partial charge >= 0.3 is 0 Å². The van der Waals surface area contributed by atoms with E-state index in [1.54, 1.807) is 12.3 Å². The smallest absolute Gasteiger partial charge is 0.248 e. The molecule has 0 aliphatic carbocycles. The van der Waals surface area contributed by atoms with Gasteiger partial charge in [0.1, 0.15) is 0 Å². The van der Waals surface area contributed by atoms with Crippen molar-refractivity contribution in [1.82, 2.24) is 0 Å². The molecule has 1 aliphatic rings. The van der Waals surface area contributed by atoms with E-state index in [0.29, 0.717) is 5.56 Å². The lowest BCUT2D eigenvalue weighted by Crippen LogP contribution is -2.17. The van der Waals surface area contributed by atoms with E-state index >= 15 is 0 Å². The minimum atomic E-state index is -0.354. The normalized spacial score (nSPS) is 12.9. The lowest BCUT2D eigenvalue weighted by molar-refractivity contribution is 0.0999. The minimum absolute atomic E-state index is 0. The summed E-state index contributed by atoms with van der Waals surface area (Å²) in [5.74, 6) is -0.354. The first-order valence-electron chi connectivity index (χ1n) is 4.20. The Kier molecular flexibility index (Phi) is 3.25. The molecule has 0 unspecified atom stereocenters. The summed E-state index contributed by atoms with van der Waals surface area (Å²) >= 11 is 0. The lowest BCUT2D eigenvalue weighted by atomic mass is 9.97. The third-order valence-corrected chi connectivity index (χ3v) is 2.20. The maximum absolute atomic E-state index is 11.1. The molecule has 0 aromatic heterocycles. The number of primary amides is 1. The third kappa shape index (κ3) is 1.77. The van der Waals surface area contributed by atoms with E-state index < -0.39 is 0 Å². The van der Waals surface area contributed by atoms with Gasteiger partial charge in [-0.3, -0.25) is 9.79 Å². The molecule has 74 valence electrons. The van der Waals surface area contributed by atoms with Gasteiger partial charge in [-0.05, 0) is 23.6 Å². The molecule has 1 heterocycles. The van der Waals surface area contributed by atoms with Gasteiger partial charge in [-0.25, -0.2) is 0 Å². The van der Waals surface area contributed by atoms with E-state index in [9.17, 15) is 4.79 Å². The highest BCUT2D eigenvalue weighted by Crippen LogP contribution is 2.16. The van der Waals surface area contributed by atoms with Crippen molar-refractivity contribution in [2.24, 2.45) is 10.7 Å². The van der Waals surface area contributed by atoms with Gasteiger partial charge in [-0.15, -0.1) is 12.4 Å². The van der Waals surface area contributed by atoms with Crippen molar-refractivity contribution in [2.45, 2.75) is 6.42 Å². The monoisotopic (exact) mass is 210 g/mol. The van der Waals surface area contributed by atoms with E-state index in [2.05, 4.69) is 4.99 Å². The zero-order valence-corrected chi connectivity index (χ0v) is 8.38. The highest BCUT2D eigenvalue weighted by molar-refractivity contribution is 5.97. The lowest BCUT2D eigenvalue weighted by Gasteiger charge is -2.12. The first-order valence-corrected chi connectivity index (χ1v) is 4.20. The Labute approximate surface area is 88.4 Å². The molecule has 0 radical (unpaired) electrons. The number of hydrogen-bond donors (Lipinski definition) is 1. The minimum Gasteiger partial charge on any atom is -0.366 e. The average molecular weight is 211 g/mol. The molecule has 1 amide bonds. The highest BCUT2D eigenvalue weighted by atomic mass is 35.5. The maximum Gasteiger partial charge on any atom is 0.248 e. The van der Waals surface area contributed by atoms with Gasteiger partial charge in [-0.2, -0.15) is 0 Å². The predicted molar refractivity (Wildman–Crippen MR) is 58.4 cm³/mol. The van der Waals surface area contributed by atoms with Gasteiger partial charge in [-0.1, -0.05) is 12.1 Å². The van der Waals surface area contributed by atoms with Crippen LogP contribution in [0.3, 0.4) is 0 Å². The fourth-order valence-corrected chi connectivity index (χ4v) is 1.57. The van der Waals surface area contributed by atoms with Gasteiger partial charge in [0.2, 0.25) is 5.91 Å². The summed E-state index contributed by atoms with van der Waals surface area (Å²) in [4.78, 5) is 15.2. The van der Waals surface area contributed by atoms with Crippen LogP contribution in [0.4, 0.5) is 0 Å². The number of fused-ring (bicyclic) bond motifs is 1. The molecule has 1 aromatic carbocycles. The van der Waals surface area contributed by atoms with Crippen molar-refractivity contribution in [3.05, 3.63) is 34.9 Å². The van der Waals surface area contributed by atoms with Crippen LogP contribution < -0.4 is 5.73 Å². The fourth-order valence-electron chi connectivity index (χ4n) is 1.57. The highest BCUT2D eigenvalue weighted by Gasteiger charge is 2.12. The van der Waals surface area contributed by atoms with Crippen LogP contribution in [0, 0.1) is 0 Å².